The summed E-state index contributed by atoms with van der Waals surface area (Å²) in [5.74, 6) is -1.85. The maximum atomic E-state index is 11.4. The molecule has 22 heavy (non-hydrogen) atoms. The number of carboxylic acid groups (broad SMARTS) is 1. The van der Waals surface area contributed by atoms with E-state index in [0.717, 1.165) is 19.3 Å². The second-order valence-corrected chi connectivity index (χ2v) is 6.81. The Kier molecular flexibility index (Phi) is 10.8. The van der Waals surface area contributed by atoms with E-state index in [2.05, 4.69) is 0 Å². The van der Waals surface area contributed by atoms with Crippen LogP contribution < -0.4 is 0 Å². The van der Waals surface area contributed by atoms with Crippen molar-refractivity contribution in [2.45, 2.75) is 70.8 Å². The van der Waals surface area contributed by atoms with E-state index in [1.807, 2.05) is 6.92 Å². The molecule has 0 aromatic rings. The van der Waals surface area contributed by atoms with Gasteiger partial charge in [0.25, 0.3) is 10.1 Å². The molecule has 0 aliphatic heterocycles. The highest BCUT2D eigenvalue weighted by Crippen LogP contribution is 2.13. The van der Waals surface area contributed by atoms with Crippen molar-refractivity contribution < 1.29 is 32.4 Å². The highest BCUT2D eigenvalue weighted by atomic mass is 32.2. The molecule has 1 unspecified atom stereocenters. The lowest BCUT2D eigenvalue weighted by Crippen LogP contribution is -2.26. The van der Waals surface area contributed by atoms with Crippen molar-refractivity contribution in [3.05, 3.63) is 0 Å². The summed E-state index contributed by atoms with van der Waals surface area (Å²) in [4.78, 5) is 21.8. The van der Waals surface area contributed by atoms with Gasteiger partial charge in [-0.3, -0.25) is 14.1 Å². The van der Waals surface area contributed by atoms with Crippen molar-refractivity contribution in [2.24, 2.45) is 0 Å². The quantitative estimate of drug-likeness (QED) is 0.301. The zero-order valence-corrected chi connectivity index (χ0v) is 13.8. The average molecular weight is 338 g/mol. The zero-order valence-electron chi connectivity index (χ0n) is 13.0. The van der Waals surface area contributed by atoms with Crippen LogP contribution in [-0.4, -0.2) is 41.9 Å². The number of rotatable bonds is 13. The van der Waals surface area contributed by atoms with Crippen LogP contribution in [0, 0.1) is 0 Å². The number of hydrogen-bond donors (Lipinski definition) is 2. The molecular weight excluding hydrogens is 312 g/mol. The summed E-state index contributed by atoms with van der Waals surface area (Å²) < 4.78 is 35.8. The predicted octanol–water partition coefficient (Wildman–Crippen LogP) is 2.40. The first-order valence-corrected chi connectivity index (χ1v) is 9.22. The SMILES string of the molecule is CCCC(=O)OC(CCCCCCCC(=O)O)CS(=O)(=O)O. The molecule has 8 heteroatoms. The third kappa shape index (κ3) is 13.8. The van der Waals surface area contributed by atoms with E-state index < -0.39 is 33.9 Å². The van der Waals surface area contributed by atoms with Crippen molar-refractivity contribution >= 4 is 22.1 Å². The lowest BCUT2D eigenvalue weighted by Gasteiger charge is -2.16. The lowest BCUT2D eigenvalue weighted by molar-refractivity contribution is -0.148. The van der Waals surface area contributed by atoms with Gasteiger partial charge in [-0.2, -0.15) is 8.42 Å². The van der Waals surface area contributed by atoms with Gasteiger partial charge in [0.1, 0.15) is 11.9 Å². The van der Waals surface area contributed by atoms with Crippen LogP contribution in [0.15, 0.2) is 0 Å². The van der Waals surface area contributed by atoms with Gasteiger partial charge >= 0.3 is 11.9 Å². The molecule has 0 aliphatic carbocycles. The molecule has 0 aliphatic rings. The van der Waals surface area contributed by atoms with E-state index in [9.17, 15) is 18.0 Å². The summed E-state index contributed by atoms with van der Waals surface area (Å²) in [6.45, 7) is 1.82. The third-order valence-electron chi connectivity index (χ3n) is 3.07. The van der Waals surface area contributed by atoms with E-state index in [1.54, 1.807) is 0 Å². The van der Waals surface area contributed by atoms with Gasteiger partial charge in [0.05, 0.1) is 0 Å². The van der Waals surface area contributed by atoms with Gasteiger partial charge in [0.15, 0.2) is 0 Å². The highest BCUT2D eigenvalue weighted by Gasteiger charge is 2.20. The number of hydrogen-bond acceptors (Lipinski definition) is 5. The molecule has 7 nitrogen and oxygen atoms in total. The number of esters is 1. The Balaban J connectivity index is 4.02. The summed E-state index contributed by atoms with van der Waals surface area (Å²) in [7, 11) is -4.19. The van der Waals surface area contributed by atoms with Crippen molar-refractivity contribution in [3.8, 4) is 0 Å². The topological polar surface area (TPSA) is 118 Å². The van der Waals surface area contributed by atoms with Crippen LogP contribution in [0.1, 0.15) is 64.7 Å². The Hall–Kier alpha value is -1.15. The number of carbonyl (C=O) groups excluding carboxylic acids is 1. The number of unbranched alkanes of at least 4 members (excludes halogenated alkanes) is 4. The number of ether oxygens (including phenoxy) is 1. The van der Waals surface area contributed by atoms with Crippen LogP contribution >= 0.6 is 0 Å². The van der Waals surface area contributed by atoms with E-state index in [-0.39, 0.29) is 12.8 Å². The summed E-state index contributed by atoms with van der Waals surface area (Å²) >= 11 is 0. The first kappa shape index (κ1) is 20.9. The van der Waals surface area contributed by atoms with Crippen LogP contribution in [0.3, 0.4) is 0 Å². The molecular formula is C14H26O7S. The van der Waals surface area contributed by atoms with Gasteiger partial charge in [-0.15, -0.1) is 0 Å². The number of carbonyl (C=O) groups is 2. The summed E-state index contributed by atoms with van der Waals surface area (Å²) in [5, 5.41) is 8.50. The second kappa shape index (κ2) is 11.4. The first-order chi connectivity index (χ1) is 10.2. The van der Waals surface area contributed by atoms with Crippen molar-refractivity contribution in [1.82, 2.24) is 0 Å². The highest BCUT2D eigenvalue weighted by molar-refractivity contribution is 7.85. The van der Waals surface area contributed by atoms with Crippen LogP contribution in [0.4, 0.5) is 0 Å². The Morgan fingerprint density at radius 1 is 1.05 bits per heavy atom. The largest absolute Gasteiger partial charge is 0.481 e. The Bertz CT molecular complexity index is 430. The Morgan fingerprint density at radius 3 is 2.18 bits per heavy atom. The molecule has 0 spiro atoms. The molecule has 0 saturated carbocycles. The summed E-state index contributed by atoms with van der Waals surface area (Å²) in [6, 6.07) is 0. The molecule has 0 bridgehead atoms. The van der Waals surface area contributed by atoms with Gasteiger partial charge in [0.2, 0.25) is 0 Å². The molecule has 0 rings (SSSR count). The predicted molar refractivity (Wildman–Crippen MR) is 81.2 cm³/mol. The normalized spacial score (nSPS) is 12.8. The molecule has 0 amide bonds. The van der Waals surface area contributed by atoms with Crippen molar-refractivity contribution in [2.75, 3.05) is 5.75 Å². The molecule has 1 atom stereocenters. The molecule has 0 fully saturated rings. The molecule has 0 aromatic heterocycles. The monoisotopic (exact) mass is 338 g/mol. The van der Waals surface area contributed by atoms with Gasteiger partial charge < -0.3 is 9.84 Å². The van der Waals surface area contributed by atoms with Gasteiger partial charge in [-0.05, 0) is 25.7 Å². The van der Waals surface area contributed by atoms with Crippen molar-refractivity contribution in [1.29, 1.82) is 0 Å². The molecule has 0 saturated heterocycles. The van der Waals surface area contributed by atoms with Crippen LogP contribution in [-0.2, 0) is 24.4 Å². The fraction of sp³-hybridized carbons (Fsp3) is 0.857. The molecule has 0 aromatic carbocycles. The third-order valence-corrected chi connectivity index (χ3v) is 3.86. The summed E-state index contributed by atoms with van der Waals surface area (Å²) in [6.07, 6.45) is 4.24. The molecule has 130 valence electrons. The van der Waals surface area contributed by atoms with Gasteiger partial charge in [-0.25, -0.2) is 0 Å². The minimum absolute atomic E-state index is 0.153. The maximum Gasteiger partial charge on any atom is 0.306 e. The van der Waals surface area contributed by atoms with E-state index in [4.69, 9.17) is 14.4 Å². The zero-order chi connectivity index (χ0) is 17.0. The smallest absolute Gasteiger partial charge is 0.306 e. The molecule has 0 radical (unpaired) electrons. The van der Waals surface area contributed by atoms with E-state index in [1.165, 1.54) is 0 Å². The molecule has 0 heterocycles. The first-order valence-electron chi connectivity index (χ1n) is 7.61. The average Bonchev–Trinajstić information content (AvgIpc) is 2.35. The van der Waals surface area contributed by atoms with E-state index >= 15 is 0 Å². The maximum absolute atomic E-state index is 11.4. The minimum Gasteiger partial charge on any atom is -0.481 e. The van der Waals surface area contributed by atoms with Gasteiger partial charge in [-0.1, -0.05) is 26.2 Å². The minimum atomic E-state index is -4.19. The van der Waals surface area contributed by atoms with Crippen molar-refractivity contribution in [3.63, 3.8) is 0 Å². The van der Waals surface area contributed by atoms with Crippen LogP contribution in [0.25, 0.3) is 0 Å². The molecule has 2 N–H and O–H groups in total. The Labute approximate surface area is 131 Å². The van der Waals surface area contributed by atoms with E-state index in [0.29, 0.717) is 25.7 Å². The van der Waals surface area contributed by atoms with Gasteiger partial charge in [0, 0.05) is 12.8 Å². The lowest BCUT2D eigenvalue weighted by atomic mass is 10.1. The summed E-state index contributed by atoms with van der Waals surface area (Å²) in [5.41, 5.74) is 0. The van der Waals surface area contributed by atoms with Crippen LogP contribution in [0.2, 0.25) is 0 Å². The fourth-order valence-electron chi connectivity index (χ4n) is 2.04. The number of carboxylic acids is 1. The number of aliphatic carboxylic acids is 1. The van der Waals surface area contributed by atoms with Crippen LogP contribution in [0.5, 0.6) is 0 Å². The second-order valence-electron chi connectivity index (χ2n) is 5.31. The fourth-order valence-corrected chi connectivity index (χ4v) is 2.74. The standard InChI is InChI=1S/C14H26O7S/c1-2-8-14(17)21-12(11-22(18,19)20)9-6-4-3-5-7-10-13(15)16/h12H,2-11H2,1H3,(H,15,16)(H,18,19,20). The Morgan fingerprint density at radius 2 is 1.64 bits per heavy atom.